The summed E-state index contributed by atoms with van der Waals surface area (Å²) in [5.74, 6) is -0.181. The molecule has 1 aromatic carbocycles. The van der Waals surface area contributed by atoms with E-state index in [1.807, 2.05) is 6.92 Å². The predicted molar refractivity (Wildman–Crippen MR) is 102 cm³/mol. The molecule has 2 unspecified atom stereocenters. The van der Waals surface area contributed by atoms with Gasteiger partial charge in [-0.25, -0.2) is 4.39 Å². The molecule has 1 saturated heterocycles. The normalized spacial score (nSPS) is 21.7. The highest BCUT2D eigenvalue weighted by molar-refractivity contribution is 14.1. The number of ether oxygens (including phenoxy) is 1. The maximum Gasteiger partial charge on any atom is 0.252 e. The minimum absolute atomic E-state index is 0.139. The van der Waals surface area contributed by atoms with Crippen LogP contribution in [0.15, 0.2) is 18.2 Å². The van der Waals surface area contributed by atoms with E-state index in [-0.39, 0.29) is 17.8 Å². The molecule has 1 fully saturated rings. The number of benzene rings is 1. The van der Waals surface area contributed by atoms with Crippen molar-refractivity contribution in [2.24, 2.45) is 5.92 Å². The molecule has 2 atom stereocenters. The molecule has 0 aromatic heterocycles. The Hall–Kier alpha value is -0.730. The summed E-state index contributed by atoms with van der Waals surface area (Å²) in [6.45, 7) is 8.72. The van der Waals surface area contributed by atoms with Crippen LogP contribution in [0, 0.1) is 15.3 Å². The molecule has 1 aliphatic rings. The molecule has 0 bridgehead atoms. The first-order valence-corrected chi connectivity index (χ1v) is 9.65. The van der Waals surface area contributed by atoms with Crippen molar-refractivity contribution < 1.29 is 13.9 Å². The van der Waals surface area contributed by atoms with E-state index in [9.17, 15) is 9.18 Å². The Morgan fingerprint density at radius 1 is 1.50 bits per heavy atom. The fourth-order valence-electron chi connectivity index (χ4n) is 3.10. The number of nitrogens with one attached hydrogen (secondary N) is 1. The second-order valence-electron chi connectivity index (χ2n) is 6.32. The summed E-state index contributed by atoms with van der Waals surface area (Å²) in [7, 11) is 0. The summed E-state index contributed by atoms with van der Waals surface area (Å²) < 4.78 is 19.5. The van der Waals surface area contributed by atoms with Crippen LogP contribution in [0.3, 0.4) is 0 Å². The minimum Gasteiger partial charge on any atom is -0.382 e. The molecule has 0 spiro atoms. The van der Waals surface area contributed by atoms with Crippen LogP contribution in [-0.4, -0.2) is 49.7 Å². The van der Waals surface area contributed by atoms with Gasteiger partial charge in [0.1, 0.15) is 5.82 Å². The third-order valence-electron chi connectivity index (χ3n) is 4.45. The first-order valence-electron chi connectivity index (χ1n) is 8.57. The standard InChI is InChI=1S/C18H26FIN2O2/c1-3-24-10-4-8-22-9-7-17(13(2)12-22)21-18(23)15-11-14(19)5-6-16(15)20/h5-6,11,13,17H,3-4,7-10,12H2,1-2H3,(H,21,23). The molecule has 1 aliphatic heterocycles. The molecule has 0 saturated carbocycles. The SMILES string of the molecule is CCOCCCN1CCC(NC(=O)c2cc(F)ccc2I)C(C)C1. The van der Waals surface area contributed by atoms with Crippen LogP contribution in [0.5, 0.6) is 0 Å². The van der Waals surface area contributed by atoms with Crippen molar-refractivity contribution in [3.8, 4) is 0 Å². The molecule has 134 valence electrons. The van der Waals surface area contributed by atoms with Gasteiger partial charge in [0.05, 0.1) is 5.56 Å². The van der Waals surface area contributed by atoms with E-state index in [0.29, 0.717) is 11.5 Å². The number of amides is 1. The van der Waals surface area contributed by atoms with Gasteiger partial charge in [0.2, 0.25) is 0 Å². The first-order chi connectivity index (χ1) is 11.5. The van der Waals surface area contributed by atoms with Crippen LogP contribution in [-0.2, 0) is 4.74 Å². The van der Waals surface area contributed by atoms with Crippen molar-refractivity contribution in [1.82, 2.24) is 10.2 Å². The highest BCUT2D eigenvalue weighted by atomic mass is 127. The monoisotopic (exact) mass is 448 g/mol. The summed E-state index contributed by atoms with van der Waals surface area (Å²) in [5, 5.41) is 3.09. The Balaban J connectivity index is 1.84. The van der Waals surface area contributed by atoms with E-state index in [2.05, 4.69) is 39.7 Å². The Kier molecular flexibility index (Phi) is 7.90. The smallest absolute Gasteiger partial charge is 0.252 e. The molecule has 1 amide bonds. The van der Waals surface area contributed by atoms with Crippen LogP contribution in [0.2, 0.25) is 0 Å². The zero-order chi connectivity index (χ0) is 17.5. The van der Waals surface area contributed by atoms with Gasteiger partial charge in [0, 0.05) is 42.5 Å². The number of piperidine rings is 1. The van der Waals surface area contributed by atoms with Crippen LogP contribution in [0.4, 0.5) is 4.39 Å². The van der Waals surface area contributed by atoms with Crippen molar-refractivity contribution in [2.45, 2.75) is 32.7 Å². The van der Waals surface area contributed by atoms with Gasteiger partial charge in [-0.3, -0.25) is 4.79 Å². The van der Waals surface area contributed by atoms with Crippen LogP contribution < -0.4 is 5.32 Å². The number of likely N-dealkylation sites (tertiary alicyclic amines) is 1. The second-order valence-corrected chi connectivity index (χ2v) is 7.48. The van der Waals surface area contributed by atoms with Crippen molar-refractivity contribution >= 4 is 28.5 Å². The van der Waals surface area contributed by atoms with E-state index in [4.69, 9.17) is 4.74 Å². The lowest BCUT2D eigenvalue weighted by Crippen LogP contribution is -2.50. The number of rotatable bonds is 7. The topological polar surface area (TPSA) is 41.6 Å². The van der Waals surface area contributed by atoms with Crippen LogP contribution in [0.1, 0.15) is 37.0 Å². The molecule has 1 heterocycles. The lowest BCUT2D eigenvalue weighted by molar-refractivity contribution is 0.0842. The van der Waals surface area contributed by atoms with Crippen molar-refractivity contribution in [1.29, 1.82) is 0 Å². The molecule has 24 heavy (non-hydrogen) atoms. The average molecular weight is 448 g/mol. The van der Waals surface area contributed by atoms with E-state index < -0.39 is 0 Å². The summed E-state index contributed by atoms with van der Waals surface area (Å²) in [6, 6.07) is 4.46. The molecule has 1 N–H and O–H groups in total. The number of carbonyl (C=O) groups is 1. The maximum absolute atomic E-state index is 13.4. The zero-order valence-electron chi connectivity index (χ0n) is 14.4. The van der Waals surface area contributed by atoms with E-state index >= 15 is 0 Å². The van der Waals surface area contributed by atoms with Gasteiger partial charge in [0.15, 0.2) is 0 Å². The first kappa shape index (κ1) is 19.6. The van der Waals surface area contributed by atoms with E-state index in [1.54, 1.807) is 6.07 Å². The quantitative estimate of drug-likeness (QED) is 0.514. The lowest BCUT2D eigenvalue weighted by atomic mass is 9.93. The van der Waals surface area contributed by atoms with Gasteiger partial charge in [-0.1, -0.05) is 6.92 Å². The highest BCUT2D eigenvalue weighted by Crippen LogP contribution is 2.19. The van der Waals surface area contributed by atoms with Gasteiger partial charge >= 0.3 is 0 Å². The van der Waals surface area contributed by atoms with Crippen molar-refractivity contribution in [3.63, 3.8) is 0 Å². The third-order valence-corrected chi connectivity index (χ3v) is 5.39. The average Bonchev–Trinajstić information content (AvgIpc) is 2.56. The van der Waals surface area contributed by atoms with E-state index in [1.165, 1.54) is 12.1 Å². The number of nitrogens with zero attached hydrogens (tertiary/aromatic N) is 1. The van der Waals surface area contributed by atoms with Crippen LogP contribution in [0.25, 0.3) is 0 Å². The summed E-state index contributed by atoms with van der Waals surface area (Å²) in [5.41, 5.74) is 0.418. The zero-order valence-corrected chi connectivity index (χ0v) is 16.5. The van der Waals surface area contributed by atoms with Crippen LogP contribution >= 0.6 is 22.6 Å². The fourth-order valence-corrected chi connectivity index (χ4v) is 3.68. The molecule has 1 aromatic rings. The Bertz CT molecular complexity index is 556. The Morgan fingerprint density at radius 2 is 2.29 bits per heavy atom. The minimum atomic E-state index is -0.377. The number of hydrogen-bond donors (Lipinski definition) is 1. The summed E-state index contributed by atoms with van der Waals surface area (Å²) >= 11 is 2.07. The van der Waals surface area contributed by atoms with Gasteiger partial charge in [-0.05, 0) is 66.5 Å². The highest BCUT2D eigenvalue weighted by Gasteiger charge is 2.27. The van der Waals surface area contributed by atoms with Gasteiger partial charge < -0.3 is 15.0 Å². The van der Waals surface area contributed by atoms with Gasteiger partial charge in [0.25, 0.3) is 5.91 Å². The largest absolute Gasteiger partial charge is 0.382 e. The third kappa shape index (κ3) is 5.67. The van der Waals surface area contributed by atoms with Gasteiger partial charge in [-0.2, -0.15) is 0 Å². The van der Waals surface area contributed by atoms with Crippen molar-refractivity contribution in [2.75, 3.05) is 32.8 Å². The molecular weight excluding hydrogens is 422 g/mol. The molecular formula is C18H26FIN2O2. The Morgan fingerprint density at radius 3 is 3.00 bits per heavy atom. The molecule has 0 radical (unpaired) electrons. The predicted octanol–water partition coefficient (Wildman–Crippen LogP) is 3.30. The maximum atomic E-state index is 13.4. The lowest BCUT2D eigenvalue weighted by Gasteiger charge is -2.37. The second kappa shape index (κ2) is 9.68. The molecule has 6 heteroatoms. The molecule has 0 aliphatic carbocycles. The fraction of sp³-hybridized carbons (Fsp3) is 0.611. The number of carbonyl (C=O) groups excluding carboxylic acids is 1. The van der Waals surface area contributed by atoms with Gasteiger partial charge in [-0.15, -0.1) is 0 Å². The van der Waals surface area contributed by atoms with E-state index in [0.717, 1.165) is 49.3 Å². The number of hydrogen-bond acceptors (Lipinski definition) is 3. The number of halogens is 2. The summed E-state index contributed by atoms with van der Waals surface area (Å²) in [4.78, 5) is 14.9. The van der Waals surface area contributed by atoms with Crippen molar-refractivity contribution in [3.05, 3.63) is 33.1 Å². The Labute approximate surface area is 157 Å². The summed E-state index contributed by atoms with van der Waals surface area (Å²) in [6.07, 6.45) is 1.96. The molecule has 4 nitrogen and oxygen atoms in total. The molecule has 2 rings (SSSR count).